The van der Waals surface area contributed by atoms with Crippen molar-refractivity contribution in [3.63, 3.8) is 0 Å². The van der Waals surface area contributed by atoms with Crippen molar-refractivity contribution in [1.29, 1.82) is 0 Å². The summed E-state index contributed by atoms with van der Waals surface area (Å²) in [7, 11) is 0. The van der Waals surface area contributed by atoms with E-state index in [0.29, 0.717) is 19.5 Å². The van der Waals surface area contributed by atoms with Crippen LogP contribution in [-0.4, -0.2) is 42.5 Å². The van der Waals surface area contributed by atoms with Crippen molar-refractivity contribution in [3.05, 3.63) is 29.8 Å². The summed E-state index contributed by atoms with van der Waals surface area (Å²) in [6, 6.07) is 8.12. The Morgan fingerprint density at radius 2 is 1.78 bits per heavy atom. The molecule has 150 valence electrons. The minimum absolute atomic E-state index is 0.00658. The Morgan fingerprint density at radius 3 is 2.33 bits per heavy atom. The Labute approximate surface area is 163 Å². The molecule has 5 heteroatoms. The molecule has 1 aliphatic rings. The predicted molar refractivity (Wildman–Crippen MR) is 108 cm³/mol. The van der Waals surface area contributed by atoms with Gasteiger partial charge in [0.25, 0.3) is 5.91 Å². The number of piperidine rings is 1. The van der Waals surface area contributed by atoms with Crippen LogP contribution in [0.5, 0.6) is 5.75 Å². The summed E-state index contributed by atoms with van der Waals surface area (Å²) in [6.07, 6.45) is 4.30. The number of likely N-dealkylation sites (tertiary alicyclic amines) is 1. The third-order valence-electron chi connectivity index (χ3n) is 4.73. The lowest BCUT2D eigenvalue weighted by Gasteiger charge is -2.33. The van der Waals surface area contributed by atoms with E-state index < -0.39 is 0 Å². The number of aryl methyl sites for hydroxylation is 1. The Kier molecular flexibility index (Phi) is 7.69. The highest BCUT2D eigenvalue weighted by Gasteiger charge is 2.25. The molecule has 5 nitrogen and oxygen atoms in total. The molecule has 1 saturated heterocycles. The van der Waals surface area contributed by atoms with Crippen molar-refractivity contribution in [2.24, 2.45) is 5.41 Å². The van der Waals surface area contributed by atoms with Crippen LogP contribution in [-0.2, 0) is 16.0 Å². The molecule has 1 aromatic carbocycles. The van der Waals surface area contributed by atoms with Crippen molar-refractivity contribution in [2.45, 2.75) is 65.8 Å². The zero-order chi connectivity index (χ0) is 19.9. The molecule has 2 rings (SSSR count). The fourth-order valence-corrected chi connectivity index (χ4v) is 3.31. The van der Waals surface area contributed by atoms with E-state index in [0.717, 1.165) is 31.4 Å². The quantitative estimate of drug-likeness (QED) is 0.794. The van der Waals surface area contributed by atoms with Gasteiger partial charge in [0.1, 0.15) is 5.75 Å². The number of benzene rings is 1. The first-order valence-electron chi connectivity index (χ1n) is 10.1. The highest BCUT2D eigenvalue weighted by atomic mass is 16.5. The van der Waals surface area contributed by atoms with Crippen LogP contribution >= 0.6 is 0 Å². The zero-order valence-electron chi connectivity index (χ0n) is 17.2. The zero-order valence-corrected chi connectivity index (χ0v) is 17.2. The number of hydrogen-bond donors (Lipinski definition) is 1. The number of carbonyl (C=O) groups excluding carboxylic acids is 2. The molecular weight excluding hydrogens is 340 g/mol. The maximum Gasteiger partial charge on any atom is 0.260 e. The van der Waals surface area contributed by atoms with Gasteiger partial charge in [-0.05, 0) is 42.4 Å². The maximum atomic E-state index is 12.4. The summed E-state index contributed by atoms with van der Waals surface area (Å²) >= 11 is 0. The summed E-state index contributed by atoms with van der Waals surface area (Å²) in [6.45, 7) is 9.73. The molecule has 0 bridgehead atoms. The summed E-state index contributed by atoms with van der Waals surface area (Å²) < 4.78 is 5.64. The first-order valence-corrected chi connectivity index (χ1v) is 10.1. The van der Waals surface area contributed by atoms with Crippen molar-refractivity contribution < 1.29 is 14.3 Å². The topological polar surface area (TPSA) is 58.6 Å². The Hall–Kier alpha value is -2.04. The van der Waals surface area contributed by atoms with Gasteiger partial charge in [-0.25, -0.2) is 0 Å². The number of hydrogen-bond acceptors (Lipinski definition) is 3. The van der Waals surface area contributed by atoms with E-state index in [1.165, 1.54) is 5.56 Å². The van der Waals surface area contributed by atoms with Crippen LogP contribution in [0.15, 0.2) is 24.3 Å². The van der Waals surface area contributed by atoms with Gasteiger partial charge in [-0.2, -0.15) is 0 Å². The lowest BCUT2D eigenvalue weighted by atomic mass is 9.91. The summed E-state index contributed by atoms with van der Waals surface area (Å²) in [5.74, 6) is 0.835. The van der Waals surface area contributed by atoms with E-state index in [-0.39, 0.29) is 29.9 Å². The molecule has 0 atom stereocenters. The van der Waals surface area contributed by atoms with E-state index in [1.54, 1.807) is 0 Å². The minimum atomic E-state index is -0.00711. The fourth-order valence-electron chi connectivity index (χ4n) is 3.31. The van der Waals surface area contributed by atoms with Gasteiger partial charge in [0, 0.05) is 25.6 Å². The van der Waals surface area contributed by atoms with Crippen LogP contribution in [0.4, 0.5) is 0 Å². The average molecular weight is 375 g/mol. The lowest BCUT2D eigenvalue weighted by Crippen LogP contribution is -2.48. The number of carbonyl (C=O) groups is 2. The molecule has 2 amide bonds. The second kappa shape index (κ2) is 9.77. The van der Waals surface area contributed by atoms with Crippen LogP contribution in [0.25, 0.3) is 0 Å². The van der Waals surface area contributed by atoms with Gasteiger partial charge in [0.2, 0.25) is 5.91 Å². The molecule has 0 unspecified atom stereocenters. The van der Waals surface area contributed by atoms with Crippen molar-refractivity contribution in [2.75, 3.05) is 19.7 Å². The molecule has 0 spiro atoms. The number of nitrogens with one attached hydrogen (secondary N) is 1. The molecule has 0 saturated carbocycles. The summed E-state index contributed by atoms with van der Waals surface area (Å²) in [5, 5.41) is 3.10. The highest BCUT2D eigenvalue weighted by molar-refractivity contribution is 5.78. The van der Waals surface area contributed by atoms with Crippen LogP contribution in [0.1, 0.15) is 58.9 Å². The van der Waals surface area contributed by atoms with Gasteiger partial charge in [-0.1, -0.05) is 46.2 Å². The van der Waals surface area contributed by atoms with Gasteiger partial charge in [0.05, 0.1) is 0 Å². The van der Waals surface area contributed by atoms with E-state index in [4.69, 9.17) is 4.74 Å². The van der Waals surface area contributed by atoms with Crippen LogP contribution in [0.3, 0.4) is 0 Å². The first kappa shape index (κ1) is 21.3. The predicted octanol–water partition coefficient (Wildman–Crippen LogP) is 3.56. The van der Waals surface area contributed by atoms with Gasteiger partial charge >= 0.3 is 0 Å². The molecular formula is C22H34N2O3. The van der Waals surface area contributed by atoms with Crippen molar-refractivity contribution in [3.8, 4) is 5.75 Å². The van der Waals surface area contributed by atoms with E-state index in [2.05, 4.69) is 45.1 Å². The maximum absolute atomic E-state index is 12.4. The van der Waals surface area contributed by atoms with Gasteiger partial charge in [-0.15, -0.1) is 0 Å². The molecule has 1 fully saturated rings. The monoisotopic (exact) mass is 374 g/mol. The number of nitrogens with zero attached hydrogens (tertiary/aromatic N) is 1. The third-order valence-corrected chi connectivity index (χ3v) is 4.73. The van der Waals surface area contributed by atoms with Gasteiger partial charge < -0.3 is 15.0 Å². The van der Waals surface area contributed by atoms with E-state index >= 15 is 0 Å². The van der Waals surface area contributed by atoms with Crippen LogP contribution < -0.4 is 10.1 Å². The number of rotatable bonds is 7. The Balaban J connectivity index is 1.70. The number of ether oxygens (including phenoxy) is 1. The van der Waals surface area contributed by atoms with Crippen LogP contribution in [0, 0.1) is 5.41 Å². The molecule has 0 aromatic heterocycles. The molecule has 1 heterocycles. The fraction of sp³-hybridized carbons (Fsp3) is 0.636. The molecule has 0 aliphatic carbocycles. The van der Waals surface area contributed by atoms with E-state index in [9.17, 15) is 9.59 Å². The first-order chi connectivity index (χ1) is 12.8. The highest BCUT2D eigenvalue weighted by Crippen LogP contribution is 2.19. The van der Waals surface area contributed by atoms with Gasteiger partial charge in [0.15, 0.2) is 6.61 Å². The van der Waals surface area contributed by atoms with E-state index in [1.807, 2.05) is 17.0 Å². The lowest BCUT2D eigenvalue weighted by molar-refractivity contribution is -0.134. The molecule has 1 aromatic rings. The smallest absolute Gasteiger partial charge is 0.260 e. The Morgan fingerprint density at radius 1 is 1.15 bits per heavy atom. The molecule has 1 aliphatic heterocycles. The second-order valence-corrected chi connectivity index (χ2v) is 8.64. The summed E-state index contributed by atoms with van der Waals surface area (Å²) in [5.41, 5.74) is 1.28. The second-order valence-electron chi connectivity index (χ2n) is 8.64. The largest absolute Gasteiger partial charge is 0.484 e. The normalized spacial score (nSPS) is 15.5. The molecule has 0 radical (unpaired) electrons. The summed E-state index contributed by atoms with van der Waals surface area (Å²) in [4.78, 5) is 26.3. The van der Waals surface area contributed by atoms with Crippen LogP contribution in [0.2, 0.25) is 0 Å². The molecule has 1 N–H and O–H groups in total. The standard InChI is InChI=1S/C22H34N2O3/c1-5-6-17-7-9-19(10-8-17)27-16-21(26)24-13-11-18(12-14-24)23-20(25)15-22(2,3)4/h7-10,18H,5-6,11-16H2,1-4H3,(H,23,25). The Bertz CT molecular complexity index is 611. The SMILES string of the molecule is CCCc1ccc(OCC(=O)N2CCC(NC(=O)CC(C)(C)C)CC2)cc1. The molecule has 27 heavy (non-hydrogen) atoms. The average Bonchev–Trinajstić information content (AvgIpc) is 2.60. The van der Waals surface area contributed by atoms with Crippen molar-refractivity contribution in [1.82, 2.24) is 10.2 Å². The number of amides is 2. The third kappa shape index (κ3) is 7.61. The van der Waals surface area contributed by atoms with Crippen molar-refractivity contribution >= 4 is 11.8 Å². The minimum Gasteiger partial charge on any atom is -0.484 e. The van der Waals surface area contributed by atoms with Gasteiger partial charge in [-0.3, -0.25) is 9.59 Å².